The Morgan fingerprint density at radius 2 is 1.68 bits per heavy atom. The van der Waals surface area contributed by atoms with Crippen LogP contribution in [0.4, 0.5) is 0 Å². The summed E-state index contributed by atoms with van der Waals surface area (Å²) in [6.07, 6.45) is 7.69. The van der Waals surface area contributed by atoms with Crippen molar-refractivity contribution < 1.29 is 38.9 Å². The van der Waals surface area contributed by atoms with E-state index in [1.165, 1.54) is 24.2 Å². The number of methoxy groups -OCH3 is 1. The average Bonchev–Trinajstić information content (AvgIpc) is 3.37. The van der Waals surface area contributed by atoms with Gasteiger partial charge in [0.2, 0.25) is 11.8 Å². The second kappa shape index (κ2) is 13.0. The molecule has 0 unspecified atom stereocenters. The van der Waals surface area contributed by atoms with Gasteiger partial charge in [-0.1, -0.05) is 90.5 Å². The molecule has 3 aromatic carbocycles. The van der Waals surface area contributed by atoms with Crippen molar-refractivity contribution in [1.82, 2.24) is 4.90 Å². The molecule has 1 saturated heterocycles. The summed E-state index contributed by atoms with van der Waals surface area (Å²) in [7, 11) is 1.46. The lowest BCUT2D eigenvalue weighted by atomic mass is 9.45. The van der Waals surface area contributed by atoms with E-state index >= 15 is 0 Å². The number of imide groups is 1. The minimum absolute atomic E-state index is 0.0146. The van der Waals surface area contributed by atoms with Crippen molar-refractivity contribution in [2.75, 3.05) is 13.7 Å². The molecular formula is C41H37NO8. The van der Waals surface area contributed by atoms with Crippen LogP contribution < -0.4 is 4.74 Å². The first-order chi connectivity index (χ1) is 24.2. The number of ketones is 2. The number of carboxylic acid groups (broad SMARTS) is 1. The van der Waals surface area contributed by atoms with Crippen molar-refractivity contribution in [3.05, 3.63) is 119 Å². The van der Waals surface area contributed by atoms with E-state index < -0.39 is 41.0 Å². The van der Waals surface area contributed by atoms with E-state index in [0.29, 0.717) is 22.3 Å². The Bertz CT molecular complexity index is 1980. The van der Waals surface area contributed by atoms with Gasteiger partial charge in [-0.3, -0.25) is 28.9 Å². The summed E-state index contributed by atoms with van der Waals surface area (Å²) in [5.41, 5.74) is 1.84. The largest absolute Gasteiger partial charge is 0.504 e. The molecule has 1 aliphatic heterocycles. The van der Waals surface area contributed by atoms with Crippen LogP contribution in [0.3, 0.4) is 0 Å². The van der Waals surface area contributed by atoms with Crippen LogP contribution in [0.2, 0.25) is 0 Å². The van der Waals surface area contributed by atoms with Crippen LogP contribution >= 0.6 is 0 Å². The quantitative estimate of drug-likeness (QED) is 0.220. The molecule has 50 heavy (non-hydrogen) atoms. The number of fused-ring (bicyclic) bond motifs is 4. The fourth-order valence-electron chi connectivity index (χ4n) is 8.80. The molecule has 3 aromatic rings. The summed E-state index contributed by atoms with van der Waals surface area (Å²) in [4.78, 5) is 70.0. The van der Waals surface area contributed by atoms with Gasteiger partial charge in [-0.05, 0) is 60.1 Å². The number of allylic oxidation sites excluding steroid dienone is 5. The van der Waals surface area contributed by atoms with E-state index in [1.807, 2.05) is 66.8 Å². The Kier molecular flexibility index (Phi) is 8.59. The zero-order chi connectivity index (χ0) is 35.2. The second-order valence-electron chi connectivity index (χ2n) is 13.4. The molecule has 0 bridgehead atoms. The van der Waals surface area contributed by atoms with Crippen LogP contribution in [0, 0.1) is 29.6 Å². The minimum atomic E-state index is -1.34. The third-order valence-corrected chi connectivity index (χ3v) is 11.0. The first-order valence-corrected chi connectivity index (χ1v) is 16.9. The van der Waals surface area contributed by atoms with Gasteiger partial charge < -0.3 is 14.9 Å². The zero-order valence-corrected chi connectivity index (χ0v) is 27.5. The van der Waals surface area contributed by atoms with Gasteiger partial charge in [0, 0.05) is 30.4 Å². The minimum Gasteiger partial charge on any atom is -0.504 e. The molecular weight excluding hydrogens is 634 g/mol. The number of likely N-dealkylation sites (tertiary alicyclic amines) is 1. The lowest BCUT2D eigenvalue weighted by Gasteiger charge is -2.54. The Hall–Kier alpha value is -5.57. The predicted octanol–water partition coefficient (Wildman–Crippen LogP) is 5.64. The van der Waals surface area contributed by atoms with Crippen LogP contribution in [-0.2, 0) is 29.4 Å². The Balaban J connectivity index is 1.40. The monoisotopic (exact) mass is 671 g/mol. The summed E-state index contributed by atoms with van der Waals surface area (Å²) < 4.78 is 5.34. The zero-order valence-electron chi connectivity index (χ0n) is 27.5. The number of carbonyl (C=O) groups is 5. The summed E-state index contributed by atoms with van der Waals surface area (Å²) in [5.74, 6) is -5.21. The maximum atomic E-state index is 15.0. The van der Waals surface area contributed by atoms with E-state index in [2.05, 4.69) is 0 Å². The number of phenolic OH excluding ortho intramolecular Hbond substituents is 1. The van der Waals surface area contributed by atoms with Gasteiger partial charge in [-0.25, -0.2) is 0 Å². The van der Waals surface area contributed by atoms with Gasteiger partial charge in [-0.15, -0.1) is 0 Å². The van der Waals surface area contributed by atoms with Gasteiger partial charge >= 0.3 is 5.97 Å². The van der Waals surface area contributed by atoms with Crippen LogP contribution in [0.1, 0.15) is 42.4 Å². The third-order valence-electron chi connectivity index (χ3n) is 11.0. The number of phenols is 1. The molecule has 0 spiro atoms. The molecule has 2 fully saturated rings. The van der Waals surface area contributed by atoms with Gasteiger partial charge in [0.05, 0.1) is 24.4 Å². The SMILES string of the molecule is COc1cc(C=C[C@H]2C3=CC[C@@H]4C(=O)N(CCCC(=O)O)C(=O)[C@@H]4[C@@H]3C[C@H]3C(=O)C(c4ccccc4)=CC(=O)[C@@]23c2ccccc2)ccc1O. The van der Waals surface area contributed by atoms with Gasteiger partial charge in [0.1, 0.15) is 0 Å². The highest BCUT2D eigenvalue weighted by molar-refractivity contribution is 6.31. The summed E-state index contributed by atoms with van der Waals surface area (Å²) in [5, 5.41) is 19.4. The summed E-state index contributed by atoms with van der Waals surface area (Å²) in [6.45, 7) is 0.0146. The Morgan fingerprint density at radius 3 is 2.38 bits per heavy atom. The molecule has 9 nitrogen and oxygen atoms in total. The number of Topliss-reactive ketones (excluding diaryl/α,β-unsaturated/α-hetero) is 1. The number of carboxylic acids is 1. The smallest absolute Gasteiger partial charge is 0.303 e. The first-order valence-electron chi connectivity index (χ1n) is 16.9. The number of aromatic hydroxyl groups is 1. The highest BCUT2D eigenvalue weighted by Gasteiger charge is 2.65. The van der Waals surface area contributed by atoms with Crippen molar-refractivity contribution in [2.24, 2.45) is 29.6 Å². The van der Waals surface area contributed by atoms with E-state index in [-0.39, 0.29) is 67.1 Å². The lowest BCUT2D eigenvalue weighted by Crippen LogP contribution is -2.59. The van der Waals surface area contributed by atoms with E-state index in [9.17, 15) is 34.2 Å². The molecule has 0 aromatic heterocycles. The van der Waals surface area contributed by atoms with Gasteiger partial charge in [-0.2, -0.15) is 0 Å². The molecule has 4 aliphatic rings. The molecule has 2 amide bonds. The maximum absolute atomic E-state index is 15.0. The number of amides is 2. The van der Waals surface area contributed by atoms with E-state index in [4.69, 9.17) is 4.74 Å². The number of carbonyl (C=O) groups excluding carboxylic acids is 4. The van der Waals surface area contributed by atoms with E-state index in [0.717, 1.165) is 5.57 Å². The van der Waals surface area contributed by atoms with Crippen molar-refractivity contribution in [3.63, 3.8) is 0 Å². The number of rotatable bonds is 9. The number of nitrogens with zero attached hydrogens (tertiary/aromatic N) is 1. The average molecular weight is 672 g/mol. The van der Waals surface area contributed by atoms with Crippen molar-refractivity contribution in [1.29, 1.82) is 0 Å². The summed E-state index contributed by atoms with van der Waals surface area (Å²) in [6, 6.07) is 23.4. The number of hydrogen-bond donors (Lipinski definition) is 2. The van der Waals surface area contributed by atoms with Crippen molar-refractivity contribution >= 4 is 41.0 Å². The number of ether oxygens (including phenoxy) is 1. The van der Waals surface area contributed by atoms with Crippen molar-refractivity contribution in [3.8, 4) is 11.5 Å². The molecule has 6 atom stereocenters. The molecule has 3 aliphatic carbocycles. The third kappa shape index (κ3) is 5.28. The number of benzene rings is 3. The molecule has 1 saturated carbocycles. The molecule has 7 rings (SSSR count). The highest BCUT2D eigenvalue weighted by Crippen LogP contribution is 2.61. The van der Waals surface area contributed by atoms with Gasteiger partial charge in [0.15, 0.2) is 23.1 Å². The number of hydrogen-bond acceptors (Lipinski definition) is 7. The number of aliphatic carboxylic acids is 1. The van der Waals surface area contributed by atoms with Crippen LogP contribution in [0.25, 0.3) is 11.6 Å². The van der Waals surface area contributed by atoms with Crippen LogP contribution in [0.15, 0.2) is 103 Å². The fraction of sp³-hybridized carbons (Fsp3) is 0.293. The lowest BCUT2D eigenvalue weighted by molar-refractivity contribution is -0.142. The molecule has 1 heterocycles. The molecule has 2 N–H and O–H groups in total. The second-order valence-corrected chi connectivity index (χ2v) is 13.4. The highest BCUT2D eigenvalue weighted by atomic mass is 16.5. The van der Waals surface area contributed by atoms with Crippen LogP contribution in [0.5, 0.6) is 11.5 Å². The topological polar surface area (TPSA) is 138 Å². The fourth-order valence-corrected chi connectivity index (χ4v) is 8.80. The molecule has 0 radical (unpaired) electrons. The summed E-state index contributed by atoms with van der Waals surface area (Å²) >= 11 is 0. The standard InChI is InChI=1S/C41H37NO8/c1-50-34-21-24(15-19-33(34)43)14-18-31-27-16-17-28-37(40(49)42(39(28)48)20-8-13-36(45)46)30(27)22-32-38(47)29(25-9-4-2-5-10-25)23-35(44)41(31,32)26-11-6-3-7-12-26/h2-7,9-12,14-16,18-19,21,23,28,30-32,37,43H,8,13,17,20,22H2,1H3,(H,45,46)/t28-,30+,31-,32-,37-,41-/m0/s1. The first kappa shape index (κ1) is 33.0. The van der Waals surface area contributed by atoms with E-state index in [1.54, 1.807) is 24.3 Å². The predicted molar refractivity (Wildman–Crippen MR) is 185 cm³/mol. The Labute approximate surface area is 289 Å². The normalized spacial score (nSPS) is 27.4. The van der Waals surface area contributed by atoms with Crippen molar-refractivity contribution in [2.45, 2.75) is 31.1 Å². The molecule has 254 valence electrons. The van der Waals surface area contributed by atoms with Gasteiger partial charge in [0.25, 0.3) is 0 Å². The maximum Gasteiger partial charge on any atom is 0.303 e. The Morgan fingerprint density at radius 1 is 0.960 bits per heavy atom. The molecule has 9 heteroatoms. The van der Waals surface area contributed by atoms with Crippen LogP contribution in [-0.4, -0.2) is 58.1 Å².